The zero-order valence-electron chi connectivity index (χ0n) is 19.6. The van der Waals surface area contributed by atoms with E-state index in [4.69, 9.17) is 9.72 Å². The summed E-state index contributed by atoms with van der Waals surface area (Å²) in [5, 5.41) is 15.5. The molecule has 6 rings (SSSR count). The van der Waals surface area contributed by atoms with Gasteiger partial charge in [0.2, 0.25) is 0 Å². The van der Waals surface area contributed by atoms with Crippen molar-refractivity contribution < 1.29 is 9.53 Å². The van der Waals surface area contributed by atoms with E-state index in [-0.39, 0.29) is 11.9 Å². The highest BCUT2D eigenvalue weighted by Gasteiger charge is 2.23. The van der Waals surface area contributed by atoms with E-state index >= 15 is 0 Å². The summed E-state index contributed by atoms with van der Waals surface area (Å²) in [4.78, 5) is 23.8. The summed E-state index contributed by atoms with van der Waals surface area (Å²) in [6.07, 6.45) is 6.72. The van der Waals surface area contributed by atoms with Gasteiger partial charge >= 0.3 is 0 Å². The monoisotopic (exact) mass is 480 g/mol. The van der Waals surface area contributed by atoms with E-state index in [0.29, 0.717) is 24.5 Å². The van der Waals surface area contributed by atoms with Gasteiger partial charge < -0.3 is 15.0 Å². The number of hydrogen-bond donors (Lipinski definition) is 2. The van der Waals surface area contributed by atoms with Crippen LogP contribution in [0.4, 0.5) is 11.5 Å². The van der Waals surface area contributed by atoms with E-state index in [9.17, 15) is 4.79 Å². The van der Waals surface area contributed by atoms with Crippen molar-refractivity contribution in [2.45, 2.75) is 13.0 Å². The molecule has 1 aromatic carbocycles. The molecule has 5 heterocycles. The van der Waals surface area contributed by atoms with Crippen LogP contribution in [0.15, 0.2) is 73.3 Å². The van der Waals surface area contributed by atoms with Gasteiger partial charge in [-0.05, 0) is 48.4 Å². The largest absolute Gasteiger partial charge is 0.377 e. The normalized spacial score (nSPS) is 15.8. The fourth-order valence-electron chi connectivity index (χ4n) is 4.42. The van der Waals surface area contributed by atoms with E-state index in [2.05, 4.69) is 43.5 Å². The van der Waals surface area contributed by atoms with Crippen molar-refractivity contribution in [1.82, 2.24) is 29.9 Å². The Bertz CT molecular complexity index is 1500. The number of aromatic nitrogens is 6. The zero-order chi connectivity index (χ0) is 24.5. The average Bonchev–Trinajstić information content (AvgIpc) is 3.59. The highest BCUT2D eigenvalue weighted by molar-refractivity contribution is 6.04. The minimum Gasteiger partial charge on any atom is -0.377 e. The second-order valence-electron chi connectivity index (χ2n) is 8.65. The number of amides is 1. The van der Waals surface area contributed by atoms with Crippen LogP contribution in [-0.2, 0) is 4.74 Å². The van der Waals surface area contributed by atoms with Crippen molar-refractivity contribution >= 4 is 28.4 Å². The summed E-state index contributed by atoms with van der Waals surface area (Å²) in [6.45, 7) is 4.21. The van der Waals surface area contributed by atoms with Crippen LogP contribution in [0.5, 0.6) is 0 Å². The summed E-state index contributed by atoms with van der Waals surface area (Å²) >= 11 is 0. The van der Waals surface area contributed by atoms with E-state index in [1.807, 2.05) is 36.5 Å². The summed E-state index contributed by atoms with van der Waals surface area (Å²) < 4.78 is 7.41. The first-order valence-corrected chi connectivity index (χ1v) is 11.7. The Morgan fingerprint density at radius 3 is 2.69 bits per heavy atom. The first-order valence-electron chi connectivity index (χ1n) is 11.7. The number of hydrogen-bond acceptors (Lipinski definition) is 7. The third-order valence-electron chi connectivity index (χ3n) is 6.30. The Labute approximate surface area is 206 Å². The third-order valence-corrected chi connectivity index (χ3v) is 6.30. The van der Waals surface area contributed by atoms with Crippen LogP contribution >= 0.6 is 0 Å². The summed E-state index contributed by atoms with van der Waals surface area (Å²) in [5.74, 6) is 1.43. The maximum atomic E-state index is 12.5. The highest BCUT2D eigenvalue weighted by atomic mass is 16.5. The molecule has 0 saturated carbocycles. The lowest BCUT2D eigenvalue weighted by Crippen LogP contribution is -2.44. The molecule has 1 atom stereocenters. The number of nitrogens with zero attached hydrogens (tertiary/aromatic N) is 6. The average molecular weight is 481 g/mol. The quantitative estimate of drug-likeness (QED) is 0.394. The van der Waals surface area contributed by atoms with Crippen molar-refractivity contribution in [2.75, 3.05) is 30.0 Å². The van der Waals surface area contributed by atoms with E-state index in [1.54, 1.807) is 35.4 Å². The van der Waals surface area contributed by atoms with Gasteiger partial charge in [0.15, 0.2) is 11.5 Å². The number of benzene rings is 1. The molecule has 180 valence electrons. The number of carbonyl (C=O) groups is 1. The van der Waals surface area contributed by atoms with Gasteiger partial charge in [0.1, 0.15) is 5.82 Å². The molecule has 5 aromatic rings. The lowest BCUT2D eigenvalue weighted by atomic mass is 10.0. The molecule has 0 spiro atoms. The SMILES string of the molecule is C[C@@H]1COCCN1c1cc(-c2ccc(NC(=O)c3ccncc3)cc2)c2cnn(-c3ccn[nH]3)c2n1. The van der Waals surface area contributed by atoms with Gasteiger partial charge in [-0.3, -0.25) is 14.9 Å². The van der Waals surface area contributed by atoms with Crippen LogP contribution in [-0.4, -0.2) is 61.7 Å². The maximum absolute atomic E-state index is 12.5. The molecule has 10 nitrogen and oxygen atoms in total. The number of fused-ring (bicyclic) bond motifs is 1. The van der Waals surface area contributed by atoms with Gasteiger partial charge in [-0.15, -0.1) is 0 Å². The molecule has 0 bridgehead atoms. The molecule has 1 aliphatic rings. The summed E-state index contributed by atoms with van der Waals surface area (Å²) in [6, 6.07) is 15.3. The van der Waals surface area contributed by atoms with Gasteiger partial charge in [-0.25, -0.2) is 4.98 Å². The van der Waals surface area contributed by atoms with Crippen molar-refractivity contribution in [3.8, 4) is 16.9 Å². The molecule has 10 heteroatoms. The molecule has 1 aliphatic heterocycles. The molecule has 1 fully saturated rings. The summed E-state index contributed by atoms with van der Waals surface area (Å²) in [5.41, 5.74) is 4.00. The van der Waals surface area contributed by atoms with Crippen LogP contribution in [0.3, 0.4) is 0 Å². The first kappa shape index (κ1) is 21.9. The molecular formula is C26H24N8O2. The van der Waals surface area contributed by atoms with Crippen molar-refractivity contribution in [3.05, 3.63) is 78.9 Å². The predicted octanol–water partition coefficient (Wildman–Crippen LogP) is 3.68. The second-order valence-corrected chi connectivity index (χ2v) is 8.65. The van der Waals surface area contributed by atoms with Crippen molar-refractivity contribution in [1.29, 1.82) is 0 Å². The zero-order valence-corrected chi connectivity index (χ0v) is 19.6. The number of H-pyrrole nitrogens is 1. The number of morpholine rings is 1. The fourth-order valence-corrected chi connectivity index (χ4v) is 4.42. The first-order chi connectivity index (χ1) is 17.7. The summed E-state index contributed by atoms with van der Waals surface area (Å²) in [7, 11) is 0. The minimum atomic E-state index is -0.180. The van der Waals surface area contributed by atoms with E-state index in [1.165, 1.54) is 0 Å². The molecule has 4 aromatic heterocycles. The topological polar surface area (TPSA) is 114 Å². The van der Waals surface area contributed by atoms with Crippen molar-refractivity contribution in [3.63, 3.8) is 0 Å². The van der Waals surface area contributed by atoms with Crippen molar-refractivity contribution in [2.24, 2.45) is 0 Å². The molecule has 1 amide bonds. The Morgan fingerprint density at radius 2 is 1.94 bits per heavy atom. The number of ether oxygens (including phenoxy) is 1. The molecule has 0 unspecified atom stereocenters. The predicted molar refractivity (Wildman–Crippen MR) is 136 cm³/mol. The van der Waals surface area contributed by atoms with Crippen LogP contribution < -0.4 is 10.2 Å². The second kappa shape index (κ2) is 9.23. The Balaban J connectivity index is 1.39. The Morgan fingerprint density at radius 1 is 1.11 bits per heavy atom. The molecule has 1 saturated heterocycles. The lowest BCUT2D eigenvalue weighted by molar-refractivity contribution is 0.0985. The molecule has 0 radical (unpaired) electrons. The molecule has 36 heavy (non-hydrogen) atoms. The van der Waals surface area contributed by atoms with E-state index in [0.717, 1.165) is 40.3 Å². The highest BCUT2D eigenvalue weighted by Crippen LogP contribution is 2.33. The Hall–Kier alpha value is -4.57. The fraction of sp³-hybridized carbons (Fsp3) is 0.192. The van der Waals surface area contributed by atoms with Gasteiger partial charge in [0, 0.05) is 41.6 Å². The van der Waals surface area contributed by atoms with E-state index < -0.39 is 0 Å². The number of anilines is 2. The number of pyridine rings is 2. The third kappa shape index (κ3) is 4.07. The van der Waals surface area contributed by atoms with Gasteiger partial charge in [-0.2, -0.15) is 14.9 Å². The van der Waals surface area contributed by atoms with Crippen LogP contribution in [0.2, 0.25) is 0 Å². The van der Waals surface area contributed by atoms with Gasteiger partial charge in [0.25, 0.3) is 5.91 Å². The number of rotatable bonds is 5. The smallest absolute Gasteiger partial charge is 0.255 e. The molecule has 2 N–H and O–H groups in total. The Kier molecular flexibility index (Phi) is 5.62. The lowest BCUT2D eigenvalue weighted by Gasteiger charge is -2.34. The van der Waals surface area contributed by atoms with Crippen LogP contribution in [0, 0.1) is 0 Å². The molecular weight excluding hydrogens is 456 g/mol. The number of aromatic amines is 1. The number of nitrogens with one attached hydrogen (secondary N) is 2. The molecule has 0 aliphatic carbocycles. The maximum Gasteiger partial charge on any atom is 0.255 e. The van der Waals surface area contributed by atoms with Gasteiger partial charge in [0.05, 0.1) is 31.6 Å². The van der Waals surface area contributed by atoms with Gasteiger partial charge in [-0.1, -0.05) is 12.1 Å². The minimum absolute atomic E-state index is 0.180. The standard InChI is InChI=1S/C26H24N8O2/c1-17-16-36-13-12-33(17)24-14-21(22-15-29-34(25(22)31-24)23-8-11-28-32-23)18-2-4-20(5-3-18)30-26(35)19-6-9-27-10-7-19/h2-11,14-15,17H,12-13,16H2,1H3,(H,28,32)(H,30,35)/t17-/m1/s1. The number of carbonyl (C=O) groups excluding carboxylic acids is 1. The van der Waals surface area contributed by atoms with Crippen LogP contribution in [0.1, 0.15) is 17.3 Å². The van der Waals surface area contributed by atoms with Crippen LogP contribution in [0.25, 0.3) is 28.0 Å².